The minimum Gasteiger partial charge on any atom is -0.360 e. The molecule has 8 nitrogen and oxygen atoms in total. The number of carbonyl (C=O) groups excluding carboxylic acids is 3. The normalized spacial score (nSPS) is 11.9. The van der Waals surface area contributed by atoms with Crippen molar-refractivity contribution in [2.75, 3.05) is 10.6 Å². The number of anilines is 2. The van der Waals surface area contributed by atoms with E-state index < -0.39 is 17.1 Å². The van der Waals surface area contributed by atoms with Crippen molar-refractivity contribution >= 4 is 58.4 Å². The minimum absolute atomic E-state index is 0.102. The highest BCUT2D eigenvalue weighted by Gasteiger charge is 2.23. The maximum Gasteiger partial charge on any atom is 0.272 e. The average molecular weight is 595 g/mol. The fourth-order valence-corrected chi connectivity index (χ4v) is 5.67. The molecule has 0 aliphatic rings. The third-order valence-electron chi connectivity index (χ3n) is 5.95. The number of amides is 3. The summed E-state index contributed by atoms with van der Waals surface area (Å²) in [7, 11) is 0. The molecule has 0 aliphatic carbocycles. The second-order valence-corrected chi connectivity index (χ2v) is 11.1. The summed E-state index contributed by atoms with van der Waals surface area (Å²) in [5.74, 6) is -0.215. The number of hydrogen-bond acceptors (Lipinski definition) is 7. The Morgan fingerprint density at radius 1 is 0.905 bits per heavy atom. The second kappa shape index (κ2) is 13.6. The van der Waals surface area contributed by atoms with Gasteiger partial charge in [-0.05, 0) is 71.3 Å². The third kappa shape index (κ3) is 7.62. The SMILES string of the molecule is Cc1cc(NC(=O)C(Sc2cccc(NC(=O)/C(=C/c3ccsc3)NC(=O)c3ccccc3)c2)c2ccccc2)no1. The van der Waals surface area contributed by atoms with E-state index in [4.69, 9.17) is 4.52 Å². The van der Waals surface area contributed by atoms with Crippen molar-refractivity contribution in [3.05, 3.63) is 136 Å². The smallest absolute Gasteiger partial charge is 0.272 e. The van der Waals surface area contributed by atoms with Crippen molar-refractivity contribution in [1.29, 1.82) is 0 Å². The molecule has 0 radical (unpaired) electrons. The molecule has 5 rings (SSSR count). The van der Waals surface area contributed by atoms with Crippen LogP contribution in [0.25, 0.3) is 6.08 Å². The molecule has 2 aromatic heterocycles. The summed E-state index contributed by atoms with van der Waals surface area (Å²) in [5.41, 5.74) is 2.64. The number of nitrogens with zero attached hydrogens (tertiary/aromatic N) is 1. The quantitative estimate of drug-likeness (QED) is 0.119. The van der Waals surface area contributed by atoms with E-state index in [1.807, 2.05) is 59.3 Å². The molecule has 3 N–H and O–H groups in total. The van der Waals surface area contributed by atoms with E-state index in [0.29, 0.717) is 22.8 Å². The highest BCUT2D eigenvalue weighted by Crippen LogP contribution is 2.37. The van der Waals surface area contributed by atoms with Crippen LogP contribution < -0.4 is 16.0 Å². The zero-order chi connectivity index (χ0) is 29.3. The van der Waals surface area contributed by atoms with Crippen molar-refractivity contribution in [1.82, 2.24) is 10.5 Å². The fourth-order valence-electron chi connectivity index (χ4n) is 3.97. The molecule has 2 heterocycles. The number of nitrogens with one attached hydrogen (secondary N) is 3. The molecule has 3 aromatic carbocycles. The first-order chi connectivity index (χ1) is 20.4. The summed E-state index contributed by atoms with van der Waals surface area (Å²) >= 11 is 2.82. The Hall–Kier alpha value is -4.93. The van der Waals surface area contributed by atoms with Crippen LogP contribution in [-0.4, -0.2) is 22.9 Å². The Morgan fingerprint density at radius 2 is 1.67 bits per heavy atom. The number of hydrogen-bond donors (Lipinski definition) is 3. The zero-order valence-corrected chi connectivity index (χ0v) is 24.1. The molecule has 1 unspecified atom stereocenters. The second-order valence-electron chi connectivity index (χ2n) is 9.14. The van der Waals surface area contributed by atoms with Gasteiger partial charge in [0.05, 0.1) is 0 Å². The molecule has 210 valence electrons. The van der Waals surface area contributed by atoms with E-state index in [2.05, 4.69) is 21.1 Å². The Morgan fingerprint density at radius 3 is 2.36 bits per heavy atom. The molecular weight excluding hydrogens is 569 g/mol. The van der Waals surface area contributed by atoms with Gasteiger partial charge in [0.1, 0.15) is 16.7 Å². The molecule has 5 aromatic rings. The zero-order valence-electron chi connectivity index (χ0n) is 22.4. The molecule has 0 bridgehead atoms. The Bertz CT molecular complexity index is 1700. The Kier molecular flexibility index (Phi) is 9.27. The first-order valence-corrected chi connectivity index (χ1v) is 14.7. The Labute approximate surface area is 250 Å². The largest absolute Gasteiger partial charge is 0.360 e. The van der Waals surface area contributed by atoms with Gasteiger partial charge in [-0.1, -0.05) is 59.8 Å². The molecule has 0 fully saturated rings. The topological polar surface area (TPSA) is 113 Å². The molecule has 0 spiro atoms. The van der Waals surface area contributed by atoms with Gasteiger partial charge in [-0.2, -0.15) is 11.3 Å². The number of aryl methyl sites for hydroxylation is 1. The maximum absolute atomic E-state index is 13.4. The number of aromatic nitrogens is 1. The monoisotopic (exact) mass is 594 g/mol. The van der Waals surface area contributed by atoms with Gasteiger partial charge < -0.3 is 20.5 Å². The molecule has 42 heavy (non-hydrogen) atoms. The molecular formula is C32H26N4O4S2. The van der Waals surface area contributed by atoms with Gasteiger partial charge in [-0.15, -0.1) is 11.8 Å². The van der Waals surface area contributed by atoms with Crippen molar-refractivity contribution in [3.8, 4) is 0 Å². The summed E-state index contributed by atoms with van der Waals surface area (Å²) in [6, 6.07) is 28.8. The average Bonchev–Trinajstić information content (AvgIpc) is 3.68. The van der Waals surface area contributed by atoms with Crippen LogP contribution >= 0.6 is 23.1 Å². The number of carbonyl (C=O) groups is 3. The van der Waals surface area contributed by atoms with Crippen LogP contribution in [0.5, 0.6) is 0 Å². The van der Waals surface area contributed by atoms with Crippen molar-refractivity contribution in [2.45, 2.75) is 17.1 Å². The predicted molar refractivity (Wildman–Crippen MR) is 166 cm³/mol. The summed E-state index contributed by atoms with van der Waals surface area (Å²) in [4.78, 5) is 40.3. The van der Waals surface area contributed by atoms with Gasteiger partial charge in [0.15, 0.2) is 5.82 Å². The summed E-state index contributed by atoms with van der Waals surface area (Å²) in [5, 5.41) is 15.5. The van der Waals surface area contributed by atoms with E-state index in [9.17, 15) is 14.4 Å². The van der Waals surface area contributed by atoms with Crippen LogP contribution in [0.3, 0.4) is 0 Å². The van der Waals surface area contributed by atoms with E-state index in [0.717, 1.165) is 16.0 Å². The number of thiophene rings is 1. The van der Waals surface area contributed by atoms with Crippen LogP contribution in [0.15, 0.2) is 123 Å². The van der Waals surface area contributed by atoms with Crippen LogP contribution in [-0.2, 0) is 9.59 Å². The third-order valence-corrected chi connectivity index (χ3v) is 7.90. The van der Waals surface area contributed by atoms with Crippen LogP contribution in [0.2, 0.25) is 0 Å². The maximum atomic E-state index is 13.4. The lowest BCUT2D eigenvalue weighted by Gasteiger charge is -2.17. The lowest BCUT2D eigenvalue weighted by atomic mass is 10.1. The van der Waals surface area contributed by atoms with Crippen LogP contribution in [0.1, 0.15) is 32.5 Å². The van der Waals surface area contributed by atoms with Crippen molar-refractivity contribution < 1.29 is 18.9 Å². The summed E-state index contributed by atoms with van der Waals surface area (Å²) in [6.07, 6.45) is 1.63. The van der Waals surface area contributed by atoms with E-state index in [1.54, 1.807) is 61.5 Å². The highest BCUT2D eigenvalue weighted by atomic mass is 32.2. The Balaban J connectivity index is 1.35. The molecule has 3 amide bonds. The molecule has 0 saturated carbocycles. The van der Waals surface area contributed by atoms with Crippen molar-refractivity contribution in [3.63, 3.8) is 0 Å². The highest BCUT2D eigenvalue weighted by molar-refractivity contribution is 8.00. The summed E-state index contributed by atoms with van der Waals surface area (Å²) < 4.78 is 5.08. The van der Waals surface area contributed by atoms with Gasteiger partial charge in [0.2, 0.25) is 5.91 Å². The van der Waals surface area contributed by atoms with Crippen LogP contribution in [0, 0.1) is 6.92 Å². The summed E-state index contributed by atoms with van der Waals surface area (Å²) in [6.45, 7) is 1.75. The van der Waals surface area contributed by atoms with Gasteiger partial charge >= 0.3 is 0 Å². The van der Waals surface area contributed by atoms with Crippen molar-refractivity contribution in [2.24, 2.45) is 0 Å². The molecule has 1 atom stereocenters. The first kappa shape index (κ1) is 28.6. The lowest BCUT2D eigenvalue weighted by Crippen LogP contribution is -2.30. The van der Waals surface area contributed by atoms with E-state index >= 15 is 0 Å². The lowest BCUT2D eigenvalue weighted by molar-refractivity contribution is -0.116. The van der Waals surface area contributed by atoms with Gasteiger partial charge in [0, 0.05) is 22.2 Å². The fraction of sp³-hybridized carbons (Fsp3) is 0.0625. The minimum atomic E-state index is -0.603. The van der Waals surface area contributed by atoms with Gasteiger partial charge in [-0.25, -0.2) is 0 Å². The van der Waals surface area contributed by atoms with Gasteiger partial charge in [0.25, 0.3) is 11.8 Å². The predicted octanol–water partition coefficient (Wildman–Crippen LogP) is 6.93. The molecule has 10 heteroatoms. The first-order valence-electron chi connectivity index (χ1n) is 12.9. The standard InChI is InChI=1S/C32H26N4O4S2/c1-21-17-28(36-40-21)35-32(39)29(23-9-4-2-5-10-23)42-26-14-8-13-25(19-26)33-31(38)27(18-22-15-16-41-20-22)34-30(37)24-11-6-3-7-12-24/h2-20,29H,1H3,(H,33,38)(H,34,37)(H,35,36,39)/b27-18-. The van der Waals surface area contributed by atoms with Gasteiger partial charge in [-0.3, -0.25) is 14.4 Å². The molecule has 0 saturated heterocycles. The number of benzene rings is 3. The van der Waals surface area contributed by atoms with E-state index in [1.165, 1.54) is 23.1 Å². The van der Waals surface area contributed by atoms with E-state index in [-0.39, 0.29) is 11.6 Å². The number of rotatable bonds is 10. The molecule has 0 aliphatic heterocycles. The number of thioether (sulfide) groups is 1. The van der Waals surface area contributed by atoms with Crippen LogP contribution in [0.4, 0.5) is 11.5 Å².